The van der Waals surface area contributed by atoms with Crippen molar-refractivity contribution in [2.45, 2.75) is 58.7 Å². The van der Waals surface area contributed by atoms with Crippen LogP contribution >= 0.6 is 0 Å². The summed E-state index contributed by atoms with van der Waals surface area (Å²) in [4.78, 5) is 30.1. The topological polar surface area (TPSA) is 95.1 Å². The molecule has 1 aliphatic rings. The number of alkyl carbamates (subject to hydrolysis) is 1. The molecular weight excluding hydrogens is 382 g/mol. The Morgan fingerprint density at radius 1 is 1.00 bits per heavy atom. The van der Waals surface area contributed by atoms with E-state index in [1.807, 2.05) is 37.8 Å². The van der Waals surface area contributed by atoms with E-state index in [2.05, 4.69) is 33.1 Å². The number of benzene rings is 1. The van der Waals surface area contributed by atoms with Gasteiger partial charge in [-0.25, -0.2) is 4.79 Å². The van der Waals surface area contributed by atoms with Gasteiger partial charge in [0, 0.05) is 46.2 Å². The van der Waals surface area contributed by atoms with Gasteiger partial charge in [0.15, 0.2) is 5.96 Å². The summed E-state index contributed by atoms with van der Waals surface area (Å²) >= 11 is 0. The summed E-state index contributed by atoms with van der Waals surface area (Å²) in [6, 6.07) is 8.21. The number of ether oxygens (including phenoxy) is 1. The maximum atomic E-state index is 12.4. The molecular formula is C22H35N5O3. The van der Waals surface area contributed by atoms with E-state index >= 15 is 0 Å². The molecule has 8 heteroatoms. The number of carbonyl (C=O) groups is 2. The largest absolute Gasteiger partial charge is 0.444 e. The first-order valence-corrected chi connectivity index (χ1v) is 10.5. The smallest absolute Gasteiger partial charge is 0.407 e. The Bertz CT molecular complexity index is 718. The molecule has 0 unspecified atom stereocenters. The molecule has 0 saturated heterocycles. The van der Waals surface area contributed by atoms with Crippen molar-refractivity contribution in [3.8, 4) is 0 Å². The third-order valence-electron chi connectivity index (χ3n) is 4.59. The molecule has 1 aromatic rings. The van der Waals surface area contributed by atoms with Crippen LogP contribution in [-0.4, -0.2) is 55.1 Å². The molecule has 0 atom stereocenters. The van der Waals surface area contributed by atoms with E-state index in [-0.39, 0.29) is 5.91 Å². The van der Waals surface area contributed by atoms with Crippen LogP contribution in [0.3, 0.4) is 0 Å². The number of carbonyl (C=O) groups excluding carboxylic acids is 2. The third-order valence-corrected chi connectivity index (χ3v) is 4.59. The van der Waals surface area contributed by atoms with E-state index < -0.39 is 11.7 Å². The summed E-state index contributed by atoms with van der Waals surface area (Å²) in [5, 5.41) is 9.14. The molecule has 3 N–H and O–H groups in total. The molecule has 0 aliphatic carbocycles. The van der Waals surface area contributed by atoms with Gasteiger partial charge in [0.2, 0.25) is 5.91 Å². The molecule has 0 fully saturated rings. The van der Waals surface area contributed by atoms with Crippen LogP contribution in [0.1, 0.15) is 51.2 Å². The number of nitrogens with one attached hydrogen (secondary N) is 3. The summed E-state index contributed by atoms with van der Waals surface area (Å²) in [5.41, 5.74) is 2.00. The minimum Gasteiger partial charge on any atom is -0.444 e. The van der Waals surface area contributed by atoms with Crippen LogP contribution in [0.2, 0.25) is 0 Å². The lowest BCUT2D eigenvalue weighted by molar-refractivity contribution is -0.131. The van der Waals surface area contributed by atoms with Gasteiger partial charge in [-0.05, 0) is 44.7 Å². The molecule has 0 saturated carbocycles. The van der Waals surface area contributed by atoms with Crippen molar-refractivity contribution >= 4 is 18.0 Å². The molecule has 8 nitrogen and oxygen atoms in total. The third kappa shape index (κ3) is 8.31. The average molecular weight is 418 g/mol. The lowest BCUT2D eigenvalue weighted by atomic mass is 10.1. The van der Waals surface area contributed by atoms with Crippen molar-refractivity contribution in [2.75, 3.05) is 26.7 Å². The maximum Gasteiger partial charge on any atom is 0.407 e. The van der Waals surface area contributed by atoms with Gasteiger partial charge in [0.25, 0.3) is 0 Å². The van der Waals surface area contributed by atoms with E-state index in [0.717, 1.165) is 12.8 Å². The van der Waals surface area contributed by atoms with Crippen LogP contribution in [0, 0.1) is 0 Å². The second-order valence-electron chi connectivity index (χ2n) is 8.33. The molecule has 2 amide bonds. The zero-order chi connectivity index (χ0) is 22.0. The van der Waals surface area contributed by atoms with Gasteiger partial charge in [-0.15, -0.1) is 0 Å². The van der Waals surface area contributed by atoms with Crippen molar-refractivity contribution in [2.24, 2.45) is 4.99 Å². The number of guanidine groups is 1. The zero-order valence-electron chi connectivity index (χ0n) is 18.6. The average Bonchev–Trinajstić information content (AvgIpc) is 3.12. The van der Waals surface area contributed by atoms with E-state index in [9.17, 15) is 9.59 Å². The van der Waals surface area contributed by atoms with Crippen molar-refractivity contribution in [1.82, 2.24) is 20.9 Å². The minimum absolute atomic E-state index is 0.184. The van der Waals surface area contributed by atoms with Crippen LogP contribution in [0.25, 0.3) is 0 Å². The summed E-state index contributed by atoms with van der Waals surface area (Å²) < 4.78 is 5.19. The van der Waals surface area contributed by atoms with Crippen molar-refractivity contribution in [1.29, 1.82) is 0 Å². The highest BCUT2D eigenvalue weighted by atomic mass is 16.6. The van der Waals surface area contributed by atoms with Crippen molar-refractivity contribution in [3.63, 3.8) is 0 Å². The lowest BCUT2D eigenvalue weighted by Crippen LogP contribution is -2.39. The minimum atomic E-state index is -0.492. The van der Waals surface area contributed by atoms with Gasteiger partial charge >= 0.3 is 6.09 Å². The van der Waals surface area contributed by atoms with Gasteiger partial charge < -0.3 is 25.6 Å². The van der Waals surface area contributed by atoms with Crippen LogP contribution in [0.4, 0.5) is 4.79 Å². The normalized spacial score (nSPS) is 13.6. The molecule has 1 aromatic carbocycles. The first-order chi connectivity index (χ1) is 14.3. The van der Waals surface area contributed by atoms with Crippen molar-refractivity contribution in [3.05, 3.63) is 35.4 Å². The Hall–Kier alpha value is -2.77. The number of rotatable bonds is 8. The fourth-order valence-corrected chi connectivity index (χ4v) is 3.13. The van der Waals surface area contributed by atoms with Crippen LogP contribution in [0.15, 0.2) is 29.3 Å². The molecule has 0 bridgehead atoms. The molecule has 166 valence electrons. The molecule has 0 aromatic heterocycles. The summed E-state index contributed by atoms with van der Waals surface area (Å²) in [6.45, 7) is 8.78. The fraction of sp³-hybridized carbons (Fsp3) is 0.591. The molecule has 0 spiro atoms. The van der Waals surface area contributed by atoms with Gasteiger partial charge in [0.1, 0.15) is 5.60 Å². The van der Waals surface area contributed by atoms with Crippen LogP contribution in [-0.2, 0) is 22.6 Å². The van der Waals surface area contributed by atoms with Gasteiger partial charge in [-0.1, -0.05) is 24.3 Å². The Balaban J connectivity index is 1.54. The number of amides is 2. The van der Waals surface area contributed by atoms with Gasteiger partial charge in [-0.3, -0.25) is 9.79 Å². The first-order valence-electron chi connectivity index (χ1n) is 10.5. The Labute approximate surface area is 179 Å². The standard InChI is InChI=1S/C22H35N5O3/c1-22(2,3)30-21(29)26-14-8-13-25-20(23-4)24-12-7-11-19(28)27-15-17-9-5-6-10-18(17)16-27/h5-6,9-10H,7-8,11-16H2,1-4H3,(H,26,29)(H2,23,24,25). The van der Waals surface area contributed by atoms with Crippen LogP contribution < -0.4 is 16.0 Å². The second kappa shape index (κ2) is 11.4. The molecule has 0 radical (unpaired) electrons. The number of hydrogen-bond donors (Lipinski definition) is 3. The number of hydrogen-bond acceptors (Lipinski definition) is 4. The predicted octanol–water partition coefficient (Wildman–Crippen LogP) is 2.39. The van der Waals surface area contributed by atoms with E-state index in [4.69, 9.17) is 4.74 Å². The molecule has 1 heterocycles. The SMILES string of the molecule is CN=C(NCCCNC(=O)OC(C)(C)C)NCCCC(=O)N1Cc2ccccc2C1. The summed E-state index contributed by atoms with van der Waals surface area (Å²) in [6.07, 6.45) is 1.59. The van der Waals surface area contributed by atoms with Crippen LogP contribution in [0.5, 0.6) is 0 Å². The Morgan fingerprint density at radius 2 is 1.57 bits per heavy atom. The molecule has 1 aliphatic heterocycles. The second-order valence-corrected chi connectivity index (χ2v) is 8.33. The highest BCUT2D eigenvalue weighted by Gasteiger charge is 2.22. The zero-order valence-corrected chi connectivity index (χ0v) is 18.6. The number of fused-ring (bicyclic) bond motifs is 1. The van der Waals surface area contributed by atoms with Gasteiger partial charge in [0.05, 0.1) is 0 Å². The lowest BCUT2D eigenvalue weighted by Gasteiger charge is -2.19. The molecule has 30 heavy (non-hydrogen) atoms. The Kier molecular flexibility index (Phi) is 8.95. The highest BCUT2D eigenvalue weighted by Crippen LogP contribution is 2.22. The monoisotopic (exact) mass is 417 g/mol. The number of nitrogens with zero attached hydrogens (tertiary/aromatic N) is 2. The first kappa shape index (κ1) is 23.5. The highest BCUT2D eigenvalue weighted by molar-refractivity contribution is 5.80. The maximum absolute atomic E-state index is 12.4. The molecule has 2 rings (SSSR count). The van der Waals surface area contributed by atoms with Crippen molar-refractivity contribution < 1.29 is 14.3 Å². The number of aliphatic imine (C=N–C) groups is 1. The summed E-state index contributed by atoms with van der Waals surface area (Å²) in [5.74, 6) is 0.873. The van der Waals surface area contributed by atoms with E-state index in [0.29, 0.717) is 45.1 Å². The van der Waals surface area contributed by atoms with Gasteiger partial charge in [-0.2, -0.15) is 0 Å². The van der Waals surface area contributed by atoms with E-state index in [1.165, 1.54) is 11.1 Å². The predicted molar refractivity (Wildman–Crippen MR) is 118 cm³/mol. The summed E-state index contributed by atoms with van der Waals surface area (Å²) in [7, 11) is 1.71. The quantitative estimate of drug-likeness (QED) is 0.343. The van der Waals surface area contributed by atoms with E-state index in [1.54, 1.807) is 7.05 Å². The Morgan fingerprint density at radius 3 is 2.13 bits per heavy atom. The fourth-order valence-electron chi connectivity index (χ4n) is 3.13.